The van der Waals surface area contributed by atoms with Crippen LogP contribution in [0.3, 0.4) is 0 Å². The SMILES string of the molecule is C=C.CCCCSCC(O)CNCCN.[CH2]CN. The summed E-state index contributed by atoms with van der Waals surface area (Å²) in [6, 6.07) is 0. The molecular formula is C13H32N3OS. The van der Waals surface area contributed by atoms with Gasteiger partial charge in [-0.15, -0.1) is 13.2 Å². The van der Waals surface area contributed by atoms with Gasteiger partial charge in [0.1, 0.15) is 0 Å². The van der Waals surface area contributed by atoms with E-state index in [0.29, 0.717) is 19.6 Å². The van der Waals surface area contributed by atoms with Crippen molar-refractivity contribution in [2.24, 2.45) is 11.5 Å². The Morgan fingerprint density at radius 1 is 1.33 bits per heavy atom. The van der Waals surface area contributed by atoms with Gasteiger partial charge in [-0.05, 0) is 25.6 Å². The van der Waals surface area contributed by atoms with Crippen LogP contribution in [-0.2, 0) is 0 Å². The van der Waals surface area contributed by atoms with E-state index in [-0.39, 0.29) is 6.10 Å². The second-order valence-corrected chi connectivity index (χ2v) is 4.51. The number of thioether (sulfide) groups is 1. The van der Waals surface area contributed by atoms with E-state index in [4.69, 9.17) is 11.5 Å². The van der Waals surface area contributed by atoms with Gasteiger partial charge in [0.25, 0.3) is 0 Å². The van der Waals surface area contributed by atoms with E-state index >= 15 is 0 Å². The molecule has 0 aromatic rings. The van der Waals surface area contributed by atoms with Crippen molar-refractivity contribution in [1.82, 2.24) is 5.32 Å². The van der Waals surface area contributed by atoms with Crippen LogP contribution in [0.4, 0.5) is 0 Å². The third-order valence-corrected chi connectivity index (χ3v) is 2.85. The van der Waals surface area contributed by atoms with E-state index in [1.807, 2.05) is 11.8 Å². The summed E-state index contributed by atoms with van der Waals surface area (Å²) in [6.07, 6.45) is 2.25. The number of aliphatic hydroxyl groups is 1. The molecule has 0 aromatic carbocycles. The molecule has 0 bridgehead atoms. The van der Waals surface area contributed by atoms with Crippen molar-refractivity contribution in [1.29, 1.82) is 0 Å². The minimum atomic E-state index is -0.228. The Kier molecular flexibility index (Phi) is 32.9. The van der Waals surface area contributed by atoms with Gasteiger partial charge in [-0.1, -0.05) is 13.3 Å². The topological polar surface area (TPSA) is 84.3 Å². The zero-order chi connectivity index (χ0) is 14.6. The first-order valence-corrected chi connectivity index (χ1v) is 7.54. The zero-order valence-electron chi connectivity index (χ0n) is 11.9. The molecule has 0 saturated carbocycles. The lowest BCUT2D eigenvalue weighted by molar-refractivity contribution is 0.196. The van der Waals surface area contributed by atoms with Crippen LogP contribution < -0.4 is 16.8 Å². The van der Waals surface area contributed by atoms with Crippen molar-refractivity contribution in [3.05, 3.63) is 20.1 Å². The molecule has 111 valence electrons. The van der Waals surface area contributed by atoms with Crippen LogP contribution in [0, 0.1) is 6.92 Å². The summed E-state index contributed by atoms with van der Waals surface area (Å²) in [6.45, 7) is 14.0. The summed E-state index contributed by atoms with van der Waals surface area (Å²) in [5.74, 6) is 1.99. The average Bonchev–Trinajstić information content (AvgIpc) is 2.38. The van der Waals surface area contributed by atoms with Crippen LogP contribution in [0.15, 0.2) is 13.2 Å². The molecule has 0 aliphatic rings. The highest BCUT2D eigenvalue weighted by Crippen LogP contribution is 2.05. The predicted molar refractivity (Wildman–Crippen MR) is 85.8 cm³/mol. The van der Waals surface area contributed by atoms with Crippen molar-refractivity contribution in [3.8, 4) is 0 Å². The number of rotatable bonds is 9. The van der Waals surface area contributed by atoms with Gasteiger partial charge in [-0.2, -0.15) is 11.8 Å². The molecule has 18 heavy (non-hydrogen) atoms. The Morgan fingerprint density at radius 2 is 1.89 bits per heavy atom. The Morgan fingerprint density at radius 3 is 2.33 bits per heavy atom. The zero-order valence-corrected chi connectivity index (χ0v) is 12.7. The molecule has 1 atom stereocenters. The van der Waals surface area contributed by atoms with Gasteiger partial charge in [0.2, 0.25) is 0 Å². The van der Waals surface area contributed by atoms with Crippen molar-refractivity contribution in [3.63, 3.8) is 0 Å². The molecule has 0 fully saturated rings. The van der Waals surface area contributed by atoms with Gasteiger partial charge >= 0.3 is 0 Å². The maximum atomic E-state index is 9.45. The van der Waals surface area contributed by atoms with Crippen LogP contribution >= 0.6 is 11.8 Å². The molecule has 1 unspecified atom stereocenters. The Bertz CT molecular complexity index is 129. The maximum Gasteiger partial charge on any atom is 0.0754 e. The summed E-state index contributed by atoms with van der Waals surface area (Å²) >= 11 is 1.82. The highest BCUT2D eigenvalue weighted by Gasteiger charge is 2.02. The normalized spacial score (nSPS) is 10.7. The molecule has 0 rings (SSSR count). The summed E-state index contributed by atoms with van der Waals surface area (Å²) in [4.78, 5) is 0. The molecule has 0 heterocycles. The van der Waals surface area contributed by atoms with Crippen molar-refractivity contribution in [2.75, 3.05) is 37.7 Å². The lowest BCUT2D eigenvalue weighted by Gasteiger charge is -2.10. The third-order valence-electron chi connectivity index (χ3n) is 1.65. The van der Waals surface area contributed by atoms with Crippen molar-refractivity contribution >= 4 is 11.8 Å². The second kappa shape index (κ2) is 25.7. The number of nitrogens with one attached hydrogen (secondary N) is 1. The minimum absolute atomic E-state index is 0.228. The number of hydrogen-bond acceptors (Lipinski definition) is 5. The van der Waals surface area contributed by atoms with Crippen LogP contribution in [0.1, 0.15) is 19.8 Å². The van der Waals surface area contributed by atoms with E-state index < -0.39 is 0 Å². The molecule has 5 heteroatoms. The molecule has 4 nitrogen and oxygen atoms in total. The van der Waals surface area contributed by atoms with Gasteiger partial charge < -0.3 is 21.9 Å². The Balaban J connectivity index is -0.000000389. The lowest BCUT2D eigenvalue weighted by Crippen LogP contribution is -2.32. The van der Waals surface area contributed by atoms with Crippen molar-refractivity contribution in [2.45, 2.75) is 25.9 Å². The van der Waals surface area contributed by atoms with E-state index in [1.54, 1.807) is 0 Å². The summed E-state index contributed by atoms with van der Waals surface area (Å²) < 4.78 is 0. The molecule has 0 spiro atoms. The average molecular weight is 278 g/mol. The number of nitrogens with two attached hydrogens (primary N) is 2. The molecule has 0 aromatic heterocycles. The minimum Gasteiger partial charge on any atom is -0.391 e. The second-order valence-electron chi connectivity index (χ2n) is 3.36. The van der Waals surface area contributed by atoms with Gasteiger partial charge in [0, 0.05) is 25.4 Å². The molecule has 0 amide bonds. The van der Waals surface area contributed by atoms with Crippen LogP contribution in [0.5, 0.6) is 0 Å². The first-order valence-electron chi connectivity index (χ1n) is 6.38. The molecule has 6 N–H and O–H groups in total. The van der Waals surface area contributed by atoms with E-state index in [1.165, 1.54) is 12.8 Å². The highest BCUT2D eigenvalue weighted by atomic mass is 32.2. The fourth-order valence-corrected chi connectivity index (χ4v) is 1.94. The quantitative estimate of drug-likeness (QED) is 0.374. The molecule has 0 aliphatic carbocycles. The summed E-state index contributed by atoms with van der Waals surface area (Å²) in [5.41, 5.74) is 10.0. The summed E-state index contributed by atoms with van der Waals surface area (Å²) in [5, 5.41) is 12.5. The monoisotopic (exact) mass is 278 g/mol. The maximum absolute atomic E-state index is 9.45. The standard InChI is InChI=1S/C9H22N2OS.C2H6N.C2H4/c1-2-3-6-13-8-9(12)7-11-5-4-10;1-2-3;1-2/h9,11-12H,2-8,10H2,1H3;1-3H2;1-2H2. The number of hydrogen-bond donors (Lipinski definition) is 4. The highest BCUT2D eigenvalue weighted by molar-refractivity contribution is 7.99. The Hall–Kier alpha value is -0.0700. The molecular weight excluding hydrogens is 246 g/mol. The van der Waals surface area contributed by atoms with Crippen molar-refractivity contribution < 1.29 is 5.11 Å². The van der Waals surface area contributed by atoms with Crippen LogP contribution in [0.2, 0.25) is 0 Å². The lowest BCUT2D eigenvalue weighted by atomic mass is 10.4. The van der Waals surface area contributed by atoms with E-state index in [0.717, 1.165) is 18.1 Å². The van der Waals surface area contributed by atoms with Gasteiger partial charge in [-0.3, -0.25) is 0 Å². The van der Waals surface area contributed by atoms with Gasteiger partial charge in [0.05, 0.1) is 6.10 Å². The largest absolute Gasteiger partial charge is 0.391 e. The van der Waals surface area contributed by atoms with Gasteiger partial charge in [-0.25, -0.2) is 0 Å². The molecule has 0 saturated heterocycles. The third kappa shape index (κ3) is 29.7. The molecule has 1 radical (unpaired) electrons. The predicted octanol–water partition coefficient (Wildman–Crippen LogP) is 1.01. The van der Waals surface area contributed by atoms with E-state index in [2.05, 4.69) is 32.3 Å². The Labute approximate surface area is 118 Å². The number of unbranched alkanes of at least 4 members (excludes halogenated alkanes) is 1. The van der Waals surface area contributed by atoms with E-state index in [9.17, 15) is 5.11 Å². The fraction of sp³-hybridized carbons (Fsp3) is 0.769. The van der Waals surface area contributed by atoms with Gasteiger partial charge in [0.15, 0.2) is 0 Å². The fourth-order valence-electron chi connectivity index (χ4n) is 0.895. The van der Waals surface area contributed by atoms with Crippen LogP contribution in [-0.4, -0.2) is 48.9 Å². The number of aliphatic hydroxyl groups excluding tert-OH is 1. The first kappa shape index (κ1) is 23.1. The van der Waals surface area contributed by atoms with Crippen LogP contribution in [0.25, 0.3) is 0 Å². The molecule has 0 aliphatic heterocycles. The smallest absolute Gasteiger partial charge is 0.0754 e. The first-order chi connectivity index (χ1) is 8.72. The summed E-state index contributed by atoms with van der Waals surface area (Å²) in [7, 11) is 0.